The number of fused-ring (bicyclic) bond motifs is 1. The van der Waals surface area contributed by atoms with Gasteiger partial charge in [0.25, 0.3) is 0 Å². The number of hydrogen-bond acceptors (Lipinski definition) is 3. The van der Waals surface area contributed by atoms with Gasteiger partial charge in [0.05, 0.1) is 5.52 Å². The van der Waals surface area contributed by atoms with Crippen LogP contribution in [0.3, 0.4) is 0 Å². The summed E-state index contributed by atoms with van der Waals surface area (Å²) in [6.45, 7) is 1.93. The van der Waals surface area contributed by atoms with Gasteiger partial charge in [0.1, 0.15) is 11.3 Å². The number of aromatic carboxylic acids is 1. The van der Waals surface area contributed by atoms with Gasteiger partial charge in [-0.2, -0.15) is 0 Å². The third-order valence-electron chi connectivity index (χ3n) is 3.18. The van der Waals surface area contributed by atoms with Crippen LogP contribution in [-0.2, 0) is 0 Å². The van der Waals surface area contributed by atoms with Gasteiger partial charge in [0.15, 0.2) is 0 Å². The highest BCUT2D eigenvalue weighted by Gasteiger charge is 2.16. The van der Waals surface area contributed by atoms with Crippen molar-refractivity contribution in [2.45, 2.75) is 6.92 Å². The van der Waals surface area contributed by atoms with Gasteiger partial charge in [-0.15, -0.1) is 0 Å². The van der Waals surface area contributed by atoms with E-state index in [0.717, 1.165) is 5.56 Å². The molecular weight excluding hydrogens is 302 g/mol. The van der Waals surface area contributed by atoms with Crippen molar-refractivity contribution in [3.8, 4) is 11.6 Å². The molecule has 0 atom stereocenters. The largest absolute Gasteiger partial charge is 0.477 e. The Morgan fingerprint density at radius 3 is 2.73 bits per heavy atom. The molecule has 0 saturated heterocycles. The molecule has 0 aliphatic heterocycles. The highest BCUT2D eigenvalue weighted by atomic mass is 35.5. The molecule has 0 unspecified atom stereocenters. The summed E-state index contributed by atoms with van der Waals surface area (Å²) in [5, 5.41) is 10.6. The standard InChI is InChI=1S/C17H12ClNO3/c1-10-3-2-4-13(7-10)22-16-14(17(20)21)9-11-8-12(18)5-6-15(11)19-16/h2-9H,1H3,(H,20,21). The van der Waals surface area contributed by atoms with E-state index in [9.17, 15) is 9.90 Å². The first kappa shape index (κ1) is 14.4. The molecule has 110 valence electrons. The fourth-order valence-corrected chi connectivity index (χ4v) is 2.33. The number of carboxylic acids is 1. The molecule has 3 rings (SSSR count). The van der Waals surface area contributed by atoms with Crippen molar-refractivity contribution in [3.05, 3.63) is 64.7 Å². The number of carbonyl (C=O) groups is 1. The lowest BCUT2D eigenvalue weighted by molar-refractivity contribution is 0.0693. The van der Waals surface area contributed by atoms with Gasteiger partial charge in [-0.05, 0) is 48.9 Å². The SMILES string of the molecule is Cc1cccc(Oc2nc3ccc(Cl)cc3cc2C(=O)O)c1. The summed E-state index contributed by atoms with van der Waals surface area (Å²) in [5.74, 6) is -0.492. The Kier molecular flexibility index (Phi) is 3.69. The van der Waals surface area contributed by atoms with Crippen molar-refractivity contribution in [1.29, 1.82) is 0 Å². The molecule has 1 N–H and O–H groups in total. The molecule has 2 aromatic carbocycles. The third-order valence-corrected chi connectivity index (χ3v) is 3.41. The van der Waals surface area contributed by atoms with Crippen molar-refractivity contribution < 1.29 is 14.6 Å². The average molecular weight is 314 g/mol. The molecule has 0 fully saturated rings. The molecule has 5 heteroatoms. The summed E-state index contributed by atoms with van der Waals surface area (Å²) in [4.78, 5) is 15.8. The second-order valence-electron chi connectivity index (χ2n) is 4.90. The number of aromatic nitrogens is 1. The van der Waals surface area contributed by atoms with Crippen LogP contribution in [-0.4, -0.2) is 16.1 Å². The Labute approximate surface area is 131 Å². The molecule has 0 bridgehead atoms. The second kappa shape index (κ2) is 5.66. The van der Waals surface area contributed by atoms with Crippen LogP contribution in [0.5, 0.6) is 11.6 Å². The lowest BCUT2D eigenvalue weighted by atomic mass is 10.1. The van der Waals surface area contributed by atoms with Crippen LogP contribution in [0.1, 0.15) is 15.9 Å². The Bertz CT molecular complexity index is 877. The fourth-order valence-electron chi connectivity index (χ4n) is 2.15. The average Bonchev–Trinajstić information content (AvgIpc) is 2.46. The first-order valence-corrected chi connectivity index (χ1v) is 6.99. The predicted molar refractivity (Wildman–Crippen MR) is 85.0 cm³/mol. The van der Waals surface area contributed by atoms with E-state index < -0.39 is 5.97 Å². The molecule has 1 heterocycles. The second-order valence-corrected chi connectivity index (χ2v) is 5.34. The number of ether oxygens (including phenoxy) is 1. The highest BCUT2D eigenvalue weighted by molar-refractivity contribution is 6.31. The van der Waals surface area contributed by atoms with Gasteiger partial charge in [-0.3, -0.25) is 0 Å². The Morgan fingerprint density at radius 1 is 1.18 bits per heavy atom. The summed E-state index contributed by atoms with van der Waals surface area (Å²) in [6.07, 6.45) is 0. The number of rotatable bonds is 3. The molecule has 3 aromatic rings. The maximum absolute atomic E-state index is 11.5. The monoisotopic (exact) mass is 313 g/mol. The van der Waals surface area contributed by atoms with E-state index in [2.05, 4.69) is 4.98 Å². The van der Waals surface area contributed by atoms with Gasteiger partial charge < -0.3 is 9.84 Å². The summed E-state index contributed by atoms with van der Waals surface area (Å²) >= 11 is 5.93. The van der Waals surface area contributed by atoms with Crippen molar-refractivity contribution in [1.82, 2.24) is 4.98 Å². The van der Waals surface area contributed by atoms with Crippen molar-refractivity contribution in [3.63, 3.8) is 0 Å². The number of benzene rings is 2. The van der Waals surface area contributed by atoms with Crippen LogP contribution in [0.25, 0.3) is 10.9 Å². The minimum Gasteiger partial charge on any atom is -0.477 e. The molecule has 0 saturated carbocycles. The van der Waals surface area contributed by atoms with E-state index in [0.29, 0.717) is 21.7 Å². The van der Waals surface area contributed by atoms with E-state index in [-0.39, 0.29) is 11.4 Å². The van der Waals surface area contributed by atoms with E-state index in [1.807, 2.05) is 25.1 Å². The van der Waals surface area contributed by atoms with Crippen LogP contribution in [0, 0.1) is 6.92 Å². The summed E-state index contributed by atoms with van der Waals surface area (Å²) in [7, 11) is 0. The van der Waals surface area contributed by atoms with Crippen molar-refractivity contribution >= 4 is 28.5 Å². The van der Waals surface area contributed by atoms with Gasteiger partial charge in [0, 0.05) is 10.4 Å². The van der Waals surface area contributed by atoms with Crippen molar-refractivity contribution in [2.24, 2.45) is 0 Å². The van der Waals surface area contributed by atoms with E-state index >= 15 is 0 Å². The van der Waals surface area contributed by atoms with Gasteiger partial charge in [-0.1, -0.05) is 23.7 Å². The molecule has 22 heavy (non-hydrogen) atoms. The maximum Gasteiger partial charge on any atom is 0.341 e. The molecule has 0 aliphatic rings. The zero-order valence-electron chi connectivity index (χ0n) is 11.7. The van der Waals surface area contributed by atoms with Crippen LogP contribution in [0.2, 0.25) is 5.02 Å². The van der Waals surface area contributed by atoms with Crippen molar-refractivity contribution in [2.75, 3.05) is 0 Å². The number of pyridine rings is 1. The van der Waals surface area contributed by atoms with E-state index in [4.69, 9.17) is 16.3 Å². The van der Waals surface area contributed by atoms with Gasteiger partial charge in [0.2, 0.25) is 5.88 Å². The van der Waals surface area contributed by atoms with Crippen LogP contribution in [0.15, 0.2) is 48.5 Å². The number of nitrogens with zero attached hydrogens (tertiary/aromatic N) is 1. The lowest BCUT2D eigenvalue weighted by Crippen LogP contribution is -2.02. The zero-order chi connectivity index (χ0) is 15.7. The highest BCUT2D eigenvalue weighted by Crippen LogP contribution is 2.28. The maximum atomic E-state index is 11.5. The van der Waals surface area contributed by atoms with E-state index in [1.54, 1.807) is 24.3 Å². The Morgan fingerprint density at radius 2 is 2.00 bits per heavy atom. The van der Waals surface area contributed by atoms with Crippen LogP contribution < -0.4 is 4.74 Å². The predicted octanol–water partition coefficient (Wildman–Crippen LogP) is 4.69. The topological polar surface area (TPSA) is 59.4 Å². The molecule has 0 amide bonds. The molecule has 0 radical (unpaired) electrons. The van der Waals surface area contributed by atoms with Crippen LogP contribution >= 0.6 is 11.6 Å². The van der Waals surface area contributed by atoms with Gasteiger partial charge in [-0.25, -0.2) is 9.78 Å². The zero-order valence-corrected chi connectivity index (χ0v) is 12.5. The number of aryl methyl sites for hydroxylation is 1. The quantitative estimate of drug-likeness (QED) is 0.762. The first-order valence-electron chi connectivity index (χ1n) is 6.61. The molecule has 1 aromatic heterocycles. The Hall–Kier alpha value is -2.59. The smallest absolute Gasteiger partial charge is 0.341 e. The lowest BCUT2D eigenvalue weighted by Gasteiger charge is -2.10. The molecule has 0 spiro atoms. The molecule has 4 nitrogen and oxygen atoms in total. The van der Waals surface area contributed by atoms with Gasteiger partial charge >= 0.3 is 5.97 Å². The Balaban J connectivity index is 2.12. The molecular formula is C17H12ClNO3. The summed E-state index contributed by atoms with van der Waals surface area (Å²) in [6, 6.07) is 14.0. The summed E-state index contributed by atoms with van der Waals surface area (Å²) in [5.41, 5.74) is 1.63. The van der Waals surface area contributed by atoms with Crippen LogP contribution in [0.4, 0.5) is 0 Å². The first-order chi connectivity index (χ1) is 10.5. The van der Waals surface area contributed by atoms with E-state index in [1.165, 1.54) is 6.07 Å². The fraction of sp³-hybridized carbons (Fsp3) is 0.0588. The minimum absolute atomic E-state index is 0.00345. The number of halogens is 1. The third kappa shape index (κ3) is 2.87. The number of hydrogen-bond donors (Lipinski definition) is 1. The minimum atomic E-state index is -1.10. The normalized spacial score (nSPS) is 10.6. The number of carboxylic acid groups (broad SMARTS) is 1. The molecule has 0 aliphatic carbocycles. The summed E-state index contributed by atoms with van der Waals surface area (Å²) < 4.78 is 5.67.